The maximum atomic E-state index is 12.6. The van der Waals surface area contributed by atoms with Gasteiger partial charge in [-0.1, -0.05) is 29.8 Å². The molecule has 0 aliphatic heterocycles. The first-order valence-electron chi connectivity index (χ1n) is 8.59. The molecule has 3 N–H and O–H groups in total. The molecular weight excluding hydrogens is 378 g/mol. The van der Waals surface area contributed by atoms with Crippen LogP contribution in [-0.2, 0) is 0 Å². The number of carbonyl (C=O) groups excluding carboxylic acids is 1. The third-order valence-electron chi connectivity index (χ3n) is 4.10. The van der Waals surface area contributed by atoms with Crippen LogP contribution in [-0.4, -0.2) is 18.0 Å². The Morgan fingerprint density at radius 1 is 1.18 bits per heavy atom. The third kappa shape index (κ3) is 4.72. The predicted molar refractivity (Wildman–Crippen MR) is 110 cm³/mol. The van der Waals surface area contributed by atoms with E-state index < -0.39 is 0 Å². The molecule has 7 heteroatoms. The summed E-state index contributed by atoms with van der Waals surface area (Å²) < 4.78 is 11.0. The molecule has 28 heavy (non-hydrogen) atoms. The van der Waals surface area contributed by atoms with Gasteiger partial charge in [0.05, 0.1) is 12.1 Å². The van der Waals surface area contributed by atoms with E-state index in [1.54, 1.807) is 43.5 Å². The fraction of sp³-hybridized carbons (Fsp3) is 0.143. The van der Waals surface area contributed by atoms with Gasteiger partial charge < -0.3 is 20.5 Å². The number of nitrogens with one attached hydrogen (secondary N) is 1. The van der Waals surface area contributed by atoms with Crippen molar-refractivity contribution in [3.05, 3.63) is 76.9 Å². The van der Waals surface area contributed by atoms with Gasteiger partial charge in [0.15, 0.2) is 11.6 Å². The lowest BCUT2D eigenvalue weighted by Gasteiger charge is -2.17. The fourth-order valence-electron chi connectivity index (χ4n) is 2.62. The van der Waals surface area contributed by atoms with Crippen LogP contribution < -0.4 is 20.5 Å². The average molecular weight is 398 g/mol. The Balaban J connectivity index is 1.75. The number of pyridine rings is 1. The molecule has 0 bridgehead atoms. The van der Waals surface area contributed by atoms with Crippen molar-refractivity contribution in [1.82, 2.24) is 4.98 Å². The molecule has 3 aromatic rings. The number of hydrogen-bond donors (Lipinski definition) is 2. The van der Waals surface area contributed by atoms with Crippen LogP contribution in [0.1, 0.15) is 28.9 Å². The smallest absolute Gasteiger partial charge is 0.255 e. The highest BCUT2D eigenvalue weighted by atomic mass is 35.5. The number of amides is 1. The van der Waals surface area contributed by atoms with Gasteiger partial charge in [0.25, 0.3) is 5.91 Å². The summed E-state index contributed by atoms with van der Waals surface area (Å²) in [6, 6.07) is 16.0. The van der Waals surface area contributed by atoms with Gasteiger partial charge in [-0.05, 0) is 36.8 Å². The van der Waals surface area contributed by atoms with Gasteiger partial charge in [-0.15, -0.1) is 0 Å². The molecule has 0 aliphatic rings. The average Bonchev–Trinajstić information content (AvgIpc) is 2.71. The number of nitrogens with zero attached hydrogens (tertiary/aromatic N) is 1. The summed E-state index contributed by atoms with van der Waals surface area (Å²) in [5.41, 5.74) is 7.81. The fourth-order valence-corrected chi connectivity index (χ4v) is 2.77. The lowest BCUT2D eigenvalue weighted by molar-refractivity contribution is 0.102. The number of anilines is 2. The quantitative estimate of drug-likeness (QED) is 0.628. The molecule has 2 aromatic carbocycles. The summed E-state index contributed by atoms with van der Waals surface area (Å²) in [7, 11) is 1.58. The maximum absolute atomic E-state index is 12.6. The van der Waals surface area contributed by atoms with Crippen molar-refractivity contribution >= 4 is 29.0 Å². The number of aromatic nitrogens is 1. The highest BCUT2D eigenvalue weighted by Gasteiger charge is 2.14. The molecule has 3 rings (SSSR count). The molecular formula is C21H20ClN3O3. The summed E-state index contributed by atoms with van der Waals surface area (Å²) in [5.74, 6) is 1.09. The lowest BCUT2D eigenvalue weighted by Crippen LogP contribution is -2.13. The number of nitrogens with two attached hydrogens (primary N) is 1. The number of halogens is 1. The van der Waals surface area contributed by atoms with Gasteiger partial charge in [-0.2, -0.15) is 0 Å². The number of hydrogen-bond acceptors (Lipinski definition) is 5. The van der Waals surface area contributed by atoms with Crippen molar-refractivity contribution in [3.63, 3.8) is 0 Å². The molecule has 6 nitrogen and oxygen atoms in total. The summed E-state index contributed by atoms with van der Waals surface area (Å²) in [5, 5.41) is 3.29. The Labute approximate surface area is 168 Å². The minimum absolute atomic E-state index is 0.230. The first kappa shape index (κ1) is 19.5. The van der Waals surface area contributed by atoms with Crippen LogP contribution in [0.3, 0.4) is 0 Å². The van der Waals surface area contributed by atoms with E-state index in [-0.39, 0.29) is 17.8 Å². The minimum atomic E-state index is -0.355. The van der Waals surface area contributed by atoms with Crippen LogP contribution in [0.4, 0.5) is 11.5 Å². The molecule has 0 aliphatic carbocycles. The molecule has 144 valence electrons. The second-order valence-corrected chi connectivity index (χ2v) is 6.54. The molecule has 0 spiro atoms. The standard InChI is InChI=1S/C21H20ClN3O3/c1-13(28-19-10-16(22)12-24-20(19)23)14-5-3-6-15(9-14)21(26)25-17-7-4-8-18(11-17)27-2/h3-13H,1-2H3,(H2,23,24)(H,25,26)/t13-/m0/s1. The Kier molecular flexibility index (Phi) is 6.01. The highest BCUT2D eigenvalue weighted by molar-refractivity contribution is 6.30. The Morgan fingerprint density at radius 2 is 1.96 bits per heavy atom. The van der Waals surface area contributed by atoms with E-state index >= 15 is 0 Å². The van der Waals surface area contributed by atoms with Crippen LogP contribution in [0, 0.1) is 0 Å². The Bertz CT molecular complexity index is 994. The van der Waals surface area contributed by atoms with Crippen LogP contribution in [0.5, 0.6) is 11.5 Å². The van der Waals surface area contributed by atoms with Crippen molar-refractivity contribution in [2.24, 2.45) is 0 Å². The molecule has 0 saturated carbocycles. The predicted octanol–water partition coefficient (Wildman–Crippen LogP) is 4.72. The normalized spacial score (nSPS) is 11.5. The van der Waals surface area contributed by atoms with E-state index in [0.717, 1.165) is 5.56 Å². The molecule has 0 fully saturated rings. The number of ether oxygens (including phenoxy) is 2. The van der Waals surface area contributed by atoms with E-state index in [2.05, 4.69) is 10.3 Å². The Morgan fingerprint density at radius 3 is 2.75 bits per heavy atom. The lowest BCUT2D eigenvalue weighted by atomic mass is 10.1. The van der Waals surface area contributed by atoms with E-state index in [9.17, 15) is 4.79 Å². The molecule has 1 aromatic heterocycles. The van der Waals surface area contributed by atoms with Gasteiger partial charge in [0.2, 0.25) is 0 Å². The Hall–Kier alpha value is -3.25. The molecule has 0 unspecified atom stereocenters. The van der Waals surface area contributed by atoms with Crippen LogP contribution >= 0.6 is 11.6 Å². The number of nitrogen functional groups attached to an aromatic ring is 1. The minimum Gasteiger partial charge on any atom is -0.497 e. The van der Waals surface area contributed by atoms with Gasteiger partial charge in [0, 0.05) is 29.6 Å². The largest absolute Gasteiger partial charge is 0.497 e. The molecule has 0 radical (unpaired) electrons. The van der Waals surface area contributed by atoms with Crippen LogP contribution in [0.2, 0.25) is 5.02 Å². The first-order chi connectivity index (χ1) is 13.5. The van der Waals surface area contributed by atoms with Crippen molar-refractivity contribution in [2.45, 2.75) is 13.0 Å². The van der Waals surface area contributed by atoms with Crippen molar-refractivity contribution in [1.29, 1.82) is 0 Å². The number of rotatable bonds is 6. The number of benzene rings is 2. The third-order valence-corrected chi connectivity index (χ3v) is 4.30. The highest BCUT2D eigenvalue weighted by Crippen LogP contribution is 2.28. The molecule has 1 atom stereocenters. The number of carbonyl (C=O) groups is 1. The van der Waals surface area contributed by atoms with Crippen molar-refractivity contribution in [2.75, 3.05) is 18.2 Å². The number of methoxy groups -OCH3 is 1. The summed E-state index contributed by atoms with van der Waals surface area (Å²) >= 11 is 5.95. The van der Waals surface area contributed by atoms with Gasteiger partial charge in [0.1, 0.15) is 11.9 Å². The van der Waals surface area contributed by atoms with Crippen LogP contribution in [0.25, 0.3) is 0 Å². The zero-order valence-corrected chi connectivity index (χ0v) is 16.2. The second-order valence-electron chi connectivity index (χ2n) is 6.11. The van der Waals surface area contributed by atoms with E-state index in [0.29, 0.717) is 27.8 Å². The summed E-state index contributed by atoms with van der Waals surface area (Å²) in [4.78, 5) is 16.6. The molecule has 1 amide bonds. The second kappa shape index (κ2) is 8.63. The zero-order chi connectivity index (χ0) is 20.1. The van der Waals surface area contributed by atoms with Gasteiger partial charge >= 0.3 is 0 Å². The topological polar surface area (TPSA) is 86.5 Å². The summed E-state index contributed by atoms with van der Waals surface area (Å²) in [6.45, 7) is 1.86. The first-order valence-corrected chi connectivity index (χ1v) is 8.97. The zero-order valence-electron chi connectivity index (χ0n) is 15.5. The van der Waals surface area contributed by atoms with E-state index in [1.807, 2.05) is 25.1 Å². The SMILES string of the molecule is COc1cccc(NC(=O)c2cccc([C@H](C)Oc3cc(Cl)cnc3N)c2)c1. The van der Waals surface area contributed by atoms with E-state index in [1.165, 1.54) is 6.20 Å². The van der Waals surface area contributed by atoms with Crippen molar-refractivity contribution in [3.8, 4) is 11.5 Å². The van der Waals surface area contributed by atoms with E-state index in [4.69, 9.17) is 26.8 Å². The summed E-state index contributed by atoms with van der Waals surface area (Å²) in [6.07, 6.45) is 1.10. The molecule has 1 heterocycles. The van der Waals surface area contributed by atoms with Crippen molar-refractivity contribution < 1.29 is 14.3 Å². The van der Waals surface area contributed by atoms with Gasteiger partial charge in [-0.25, -0.2) is 4.98 Å². The van der Waals surface area contributed by atoms with Gasteiger partial charge in [-0.3, -0.25) is 4.79 Å². The maximum Gasteiger partial charge on any atom is 0.255 e. The van der Waals surface area contributed by atoms with Crippen LogP contribution in [0.15, 0.2) is 60.8 Å². The monoisotopic (exact) mass is 397 g/mol. The molecule has 0 saturated heterocycles.